The Morgan fingerprint density at radius 3 is 2.57 bits per heavy atom. The highest BCUT2D eigenvalue weighted by molar-refractivity contribution is 6.31. The maximum absolute atomic E-state index is 12.0. The van der Waals surface area contributed by atoms with Gasteiger partial charge in [0.1, 0.15) is 0 Å². The minimum Gasteiger partial charge on any atom is -0.326 e. The quantitative estimate of drug-likeness (QED) is 0.860. The lowest BCUT2D eigenvalue weighted by Crippen LogP contribution is -2.13. The van der Waals surface area contributed by atoms with Gasteiger partial charge in [-0.25, -0.2) is 0 Å². The molecule has 0 atom stereocenters. The Morgan fingerprint density at radius 1 is 1.10 bits per heavy atom. The predicted octanol–water partition coefficient (Wildman–Crippen LogP) is 4.84. The van der Waals surface area contributed by atoms with Crippen molar-refractivity contribution in [2.45, 2.75) is 33.6 Å². The Balaban J connectivity index is 1.96. The summed E-state index contributed by atoms with van der Waals surface area (Å²) in [6.45, 7) is 6.09. The summed E-state index contributed by atoms with van der Waals surface area (Å²) < 4.78 is 0. The topological polar surface area (TPSA) is 29.1 Å². The van der Waals surface area contributed by atoms with Crippen molar-refractivity contribution in [1.82, 2.24) is 0 Å². The van der Waals surface area contributed by atoms with Crippen LogP contribution in [0.5, 0.6) is 0 Å². The maximum atomic E-state index is 12.0. The van der Waals surface area contributed by atoms with Crippen LogP contribution in [0, 0.1) is 20.8 Å². The fraction of sp³-hybridized carbons (Fsp3) is 0.278. The van der Waals surface area contributed by atoms with Crippen LogP contribution in [0.2, 0.25) is 5.02 Å². The van der Waals surface area contributed by atoms with E-state index in [1.807, 2.05) is 25.1 Å². The average molecular weight is 302 g/mol. The van der Waals surface area contributed by atoms with Crippen LogP contribution in [0.15, 0.2) is 36.4 Å². The highest BCUT2D eigenvalue weighted by atomic mass is 35.5. The van der Waals surface area contributed by atoms with Crippen LogP contribution in [-0.4, -0.2) is 5.91 Å². The van der Waals surface area contributed by atoms with Crippen molar-refractivity contribution in [3.63, 3.8) is 0 Å². The first kappa shape index (κ1) is 15.6. The molecule has 0 aliphatic carbocycles. The summed E-state index contributed by atoms with van der Waals surface area (Å²) in [7, 11) is 0. The van der Waals surface area contributed by atoms with Gasteiger partial charge in [0, 0.05) is 17.1 Å². The summed E-state index contributed by atoms with van der Waals surface area (Å²) in [5.74, 6) is 0.0126. The third kappa shape index (κ3) is 4.08. The third-order valence-electron chi connectivity index (χ3n) is 3.75. The van der Waals surface area contributed by atoms with Crippen molar-refractivity contribution < 1.29 is 4.79 Å². The molecule has 3 heteroatoms. The number of benzene rings is 2. The fourth-order valence-corrected chi connectivity index (χ4v) is 2.35. The van der Waals surface area contributed by atoms with Gasteiger partial charge in [-0.3, -0.25) is 4.79 Å². The van der Waals surface area contributed by atoms with Crippen LogP contribution < -0.4 is 5.32 Å². The number of nitrogens with one attached hydrogen (secondary N) is 1. The number of hydrogen-bond acceptors (Lipinski definition) is 1. The van der Waals surface area contributed by atoms with Crippen LogP contribution >= 0.6 is 11.6 Å². The second kappa shape index (κ2) is 6.77. The summed E-state index contributed by atoms with van der Waals surface area (Å²) >= 11 is 6.05. The number of carbonyl (C=O) groups is 1. The molecule has 2 nitrogen and oxygen atoms in total. The molecule has 2 aromatic rings. The summed E-state index contributed by atoms with van der Waals surface area (Å²) in [6.07, 6.45) is 1.21. The van der Waals surface area contributed by atoms with Gasteiger partial charge < -0.3 is 5.32 Å². The van der Waals surface area contributed by atoms with Crippen molar-refractivity contribution in [1.29, 1.82) is 0 Å². The predicted molar refractivity (Wildman–Crippen MR) is 89.1 cm³/mol. The van der Waals surface area contributed by atoms with E-state index in [-0.39, 0.29) is 5.91 Å². The zero-order valence-electron chi connectivity index (χ0n) is 12.7. The molecule has 0 saturated carbocycles. The average Bonchev–Trinajstić information content (AvgIpc) is 2.45. The molecule has 0 fully saturated rings. The molecule has 0 heterocycles. The van der Waals surface area contributed by atoms with Crippen LogP contribution in [0.1, 0.15) is 28.7 Å². The zero-order chi connectivity index (χ0) is 15.4. The van der Waals surface area contributed by atoms with E-state index in [0.29, 0.717) is 11.4 Å². The van der Waals surface area contributed by atoms with Gasteiger partial charge in [0.25, 0.3) is 0 Å². The van der Waals surface area contributed by atoms with E-state index < -0.39 is 0 Å². The number of amides is 1. The Kier molecular flexibility index (Phi) is 5.03. The van der Waals surface area contributed by atoms with Crippen LogP contribution in [0.25, 0.3) is 0 Å². The second-order valence-corrected chi connectivity index (χ2v) is 5.79. The molecule has 0 aliphatic rings. The number of rotatable bonds is 4. The molecule has 0 unspecified atom stereocenters. The Morgan fingerprint density at radius 2 is 1.86 bits per heavy atom. The molecule has 0 aliphatic heterocycles. The second-order valence-electron chi connectivity index (χ2n) is 5.38. The standard InChI is InChI=1S/C18H20ClNO/c1-12-7-8-15(11-13(12)2)9-10-18(21)20-17-6-4-5-16(19)14(17)3/h4-8,11H,9-10H2,1-3H3,(H,20,21). The molecule has 1 N–H and O–H groups in total. The van der Waals surface area contributed by atoms with Crippen LogP contribution in [-0.2, 0) is 11.2 Å². The molecule has 0 radical (unpaired) electrons. The number of aryl methyl sites for hydroxylation is 3. The third-order valence-corrected chi connectivity index (χ3v) is 4.16. The van der Waals surface area contributed by atoms with Gasteiger partial charge in [-0.1, -0.05) is 35.9 Å². The molecular weight excluding hydrogens is 282 g/mol. The normalized spacial score (nSPS) is 10.5. The summed E-state index contributed by atoms with van der Waals surface area (Å²) in [4.78, 5) is 12.0. The summed E-state index contributed by atoms with van der Waals surface area (Å²) in [5, 5.41) is 3.59. The van der Waals surface area contributed by atoms with E-state index in [1.54, 1.807) is 0 Å². The minimum atomic E-state index is 0.0126. The largest absolute Gasteiger partial charge is 0.326 e. The lowest BCUT2D eigenvalue weighted by atomic mass is 10.0. The van der Waals surface area contributed by atoms with Gasteiger partial charge in [-0.05, 0) is 61.6 Å². The molecule has 2 rings (SSSR count). The van der Waals surface area contributed by atoms with E-state index in [4.69, 9.17) is 11.6 Å². The monoisotopic (exact) mass is 301 g/mol. The van der Waals surface area contributed by atoms with Gasteiger partial charge in [-0.2, -0.15) is 0 Å². The van der Waals surface area contributed by atoms with Crippen molar-refractivity contribution in [2.75, 3.05) is 5.32 Å². The molecule has 0 bridgehead atoms. The van der Waals surface area contributed by atoms with Crippen molar-refractivity contribution >= 4 is 23.2 Å². The number of carbonyl (C=O) groups excluding carboxylic acids is 1. The minimum absolute atomic E-state index is 0.0126. The first-order chi connectivity index (χ1) is 9.97. The van der Waals surface area contributed by atoms with Gasteiger partial charge in [0.2, 0.25) is 5.91 Å². The van der Waals surface area contributed by atoms with Crippen LogP contribution in [0.4, 0.5) is 5.69 Å². The summed E-state index contributed by atoms with van der Waals surface area (Å²) in [5.41, 5.74) is 5.42. The molecule has 0 saturated heterocycles. The molecule has 1 amide bonds. The fourth-order valence-electron chi connectivity index (χ4n) is 2.17. The lowest BCUT2D eigenvalue weighted by Gasteiger charge is -2.10. The Bertz CT molecular complexity index is 664. The SMILES string of the molecule is Cc1ccc(CCC(=O)Nc2cccc(Cl)c2C)cc1C. The van der Waals surface area contributed by atoms with E-state index in [0.717, 1.165) is 17.7 Å². The Hall–Kier alpha value is -1.80. The van der Waals surface area contributed by atoms with E-state index in [2.05, 4.69) is 37.4 Å². The first-order valence-corrected chi connectivity index (χ1v) is 7.46. The summed E-state index contributed by atoms with van der Waals surface area (Å²) in [6, 6.07) is 11.9. The molecule has 110 valence electrons. The van der Waals surface area contributed by atoms with Gasteiger partial charge >= 0.3 is 0 Å². The molecule has 2 aromatic carbocycles. The molecular formula is C18H20ClNO. The van der Waals surface area contributed by atoms with E-state index in [1.165, 1.54) is 16.7 Å². The number of anilines is 1. The number of halogens is 1. The molecule has 0 aromatic heterocycles. The van der Waals surface area contributed by atoms with Gasteiger partial charge in [0.05, 0.1) is 0 Å². The zero-order valence-corrected chi connectivity index (χ0v) is 13.4. The van der Waals surface area contributed by atoms with E-state index >= 15 is 0 Å². The number of hydrogen-bond donors (Lipinski definition) is 1. The highest BCUT2D eigenvalue weighted by Gasteiger charge is 2.07. The first-order valence-electron chi connectivity index (χ1n) is 7.08. The highest BCUT2D eigenvalue weighted by Crippen LogP contribution is 2.23. The van der Waals surface area contributed by atoms with Crippen molar-refractivity contribution in [3.8, 4) is 0 Å². The van der Waals surface area contributed by atoms with Gasteiger partial charge in [-0.15, -0.1) is 0 Å². The van der Waals surface area contributed by atoms with E-state index in [9.17, 15) is 4.79 Å². The molecule has 21 heavy (non-hydrogen) atoms. The van der Waals surface area contributed by atoms with Gasteiger partial charge in [0.15, 0.2) is 0 Å². The van der Waals surface area contributed by atoms with Crippen molar-refractivity contribution in [3.05, 3.63) is 63.7 Å². The Labute approximate surface area is 131 Å². The lowest BCUT2D eigenvalue weighted by molar-refractivity contribution is -0.116. The van der Waals surface area contributed by atoms with Crippen LogP contribution in [0.3, 0.4) is 0 Å². The maximum Gasteiger partial charge on any atom is 0.224 e. The molecule has 0 spiro atoms. The smallest absolute Gasteiger partial charge is 0.224 e. The van der Waals surface area contributed by atoms with Crippen molar-refractivity contribution in [2.24, 2.45) is 0 Å².